The number of hydrogen-bond acceptors (Lipinski definition) is 7. The average molecular weight is 444 g/mol. The number of ether oxygens (including phenoxy) is 1. The lowest BCUT2D eigenvalue weighted by atomic mass is 10.0. The van der Waals surface area contributed by atoms with Gasteiger partial charge in [0, 0.05) is 23.5 Å². The van der Waals surface area contributed by atoms with Crippen LogP contribution in [0.15, 0.2) is 59.7 Å². The summed E-state index contributed by atoms with van der Waals surface area (Å²) in [6.07, 6.45) is -3.56. The minimum Gasteiger partial charge on any atom is -0.394 e. The number of nitrogens with two attached hydrogens (primary N) is 1. The lowest BCUT2D eigenvalue weighted by Gasteiger charge is -2.21. The van der Waals surface area contributed by atoms with E-state index in [0.29, 0.717) is 10.1 Å². The van der Waals surface area contributed by atoms with E-state index in [2.05, 4.69) is 9.97 Å². The predicted octanol–water partition coefficient (Wildman–Crippen LogP) is 0.957. The highest BCUT2D eigenvalue weighted by molar-refractivity contribution is 5.98. The van der Waals surface area contributed by atoms with Gasteiger partial charge in [0.25, 0.3) is 5.91 Å². The first-order valence-corrected chi connectivity index (χ1v) is 9.51. The maximum atomic E-state index is 14.4. The van der Waals surface area contributed by atoms with Crippen molar-refractivity contribution in [2.75, 3.05) is 6.61 Å². The molecule has 2 aromatic heterocycles. The van der Waals surface area contributed by atoms with Gasteiger partial charge in [-0.1, -0.05) is 30.3 Å². The van der Waals surface area contributed by atoms with Gasteiger partial charge in [0.1, 0.15) is 11.8 Å². The number of benzene rings is 1. The summed E-state index contributed by atoms with van der Waals surface area (Å²) >= 11 is 0. The smallest absolute Gasteiger partial charge is 0.350 e. The number of alkyl halides is 2. The van der Waals surface area contributed by atoms with Crippen molar-refractivity contribution in [3.05, 3.63) is 71.0 Å². The molecule has 0 bridgehead atoms. The van der Waals surface area contributed by atoms with E-state index in [4.69, 9.17) is 15.6 Å². The van der Waals surface area contributed by atoms with Gasteiger partial charge in [-0.3, -0.25) is 9.36 Å². The number of aliphatic hydroxyl groups excluding tert-OH is 2. The standard InChI is InChI=1S/C21H18F2N4O5/c22-21(23)17(29)15(10-28)32-19(21)27-7-6-14(26-20(27)31)13-8-12(9-25-16(13)18(24)30)11-4-2-1-3-5-11/h1-9,15,17,19,28-29H,10H2,(H2,24,30)/t15-,17-,19-/m1/s1. The van der Waals surface area contributed by atoms with Crippen molar-refractivity contribution in [2.45, 2.75) is 24.4 Å². The first kappa shape index (κ1) is 21.7. The number of aromatic nitrogens is 3. The number of carbonyl (C=O) groups excluding carboxylic acids is 1. The Balaban J connectivity index is 1.78. The van der Waals surface area contributed by atoms with E-state index in [9.17, 15) is 23.5 Å². The second-order valence-electron chi connectivity index (χ2n) is 7.18. The van der Waals surface area contributed by atoms with E-state index >= 15 is 0 Å². The summed E-state index contributed by atoms with van der Waals surface area (Å²) in [7, 11) is 0. The van der Waals surface area contributed by atoms with Gasteiger partial charge in [0.05, 0.1) is 12.3 Å². The largest absolute Gasteiger partial charge is 0.394 e. The Morgan fingerprint density at radius 2 is 1.94 bits per heavy atom. The molecule has 1 fully saturated rings. The number of halogens is 2. The Kier molecular flexibility index (Phi) is 5.55. The fourth-order valence-electron chi connectivity index (χ4n) is 3.50. The van der Waals surface area contributed by atoms with Crippen molar-refractivity contribution < 1.29 is 28.5 Å². The first-order valence-electron chi connectivity index (χ1n) is 9.51. The summed E-state index contributed by atoms with van der Waals surface area (Å²) in [5, 5.41) is 18.8. The summed E-state index contributed by atoms with van der Waals surface area (Å²) in [5.74, 6) is -4.70. The van der Waals surface area contributed by atoms with Crippen molar-refractivity contribution in [1.82, 2.24) is 14.5 Å². The zero-order chi connectivity index (χ0) is 23.0. The minimum atomic E-state index is -3.84. The minimum absolute atomic E-state index is 0.00842. The lowest BCUT2D eigenvalue weighted by Crippen LogP contribution is -2.41. The Hall–Kier alpha value is -3.54. The van der Waals surface area contributed by atoms with Crippen molar-refractivity contribution in [3.8, 4) is 22.4 Å². The first-order chi connectivity index (χ1) is 15.2. The van der Waals surface area contributed by atoms with Crippen LogP contribution in [0.3, 0.4) is 0 Å². The molecule has 11 heteroatoms. The summed E-state index contributed by atoms with van der Waals surface area (Å²) < 4.78 is 34.3. The monoisotopic (exact) mass is 444 g/mol. The van der Waals surface area contributed by atoms with E-state index < -0.39 is 42.6 Å². The van der Waals surface area contributed by atoms with Crippen LogP contribution >= 0.6 is 0 Å². The van der Waals surface area contributed by atoms with Crippen LogP contribution in [-0.2, 0) is 4.74 Å². The maximum Gasteiger partial charge on any atom is 0.350 e. The molecule has 1 amide bonds. The Labute approximate surface area is 179 Å². The van der Waals surface area contributed by atoms with Crippen molar-refractivity contribution in [3.63, 3.8) is 0 Å². The number of nitrogens with zero attached hydrogens (tertiary/aromatic N) is 3. The topological polar surface area (TPSA) is 141 Å². The van der Waals surface area contributed by atoms with Crippen LogP contribution in [0.1, 0.15) is 16.7 Å². The van der Waals surface area contributed by atoms with Crippen LogP contribution in [0, 0.1) is 0 Å². The van der Waals surface area contributed by atoms with Gasteiger partial charge in [-0.25, -0.2) is 9.78 Å². The molecule has 9 nitrogen and oxygen atoms in total. The molecule has 0 spiro atoms. The molecule has 4 rings (SSSR count). The van der Waals surface area contributed by atoms with E-state index in [-0.39, 0.29) is 17.0 Å². The second-order valence-corrected chi connectivity index (χ2v) is 7.18. The van der Waals surface area contributed by atoms with E-state index in [1.165, 1.54) is 12.3 Å². The molecule has 0 saturated carbocycles. The van der Waals surface area contributed by atoms with Gasteiger partial charge in [0.2, 0.25) is 6.23 Å². The molecule has 3 atom stereocenters. The Bertz CT molecular complexity index is 1220. The van der Waals surface area contributed by atoms with Crippen molar-refractivity contribution in [2.24, 2.45) is 5.73 Å². The average Bonchev–Trinajstić information content (AvgIpc) is 3.02. The highest BCUT2D eigenvalue weighted by Gasteiger charge is 2.59. The molecule has 0 unspecified atom stereocenters. The molecule has 1 aliphatic heterocycles. The summed E-state index contributed by atoms with van der Waals surface area (Å²) in [4.78, 5) is 32.4. The number of pyridine rings is 1. The Morgan fingerprint density at radius 3 is 2.53 bits per heavy atom. The van der Waals surface area contributed by atoms with Gasteiger partial charge in [-0.2, -0.15) is 13.8 Å². The third-order valence-corrected chi connectivity index (χ3v) is 5.15. The second kappa shape index (κ2) is 8.19. The molecule has 1 aromatic carbocycles. The molecule has 3 aromatic rings. The molecule has 3 heterocycles. The third kappa shape index (κ3) is 3.66. The highest BCUT2D eigenvalue weighted by atomic mass is 19.3. The maximum absolute atomic E-state index is 14.4. The molecule has 0 radical (unpaired) electrons. The van der Waals surface area contributed by atoms with Crippen molar-refractivity contribution >= 4 is 5.91 Å². The fraction of sp³-hybridized carbons (Fsp3) is 0.238. The zero-order valence-corrected chi connectivity index (χ0v) is 16.4. The van der Waals surface area contributed by atoms with Crippen LogP contribution in [-0.4, -0.2) is 55.4 Å². The van der Waals surface area contributed by atoms with Crippen LogP contribution in [0.2, 0.25) is 0 Å². The van der Waals surface area contributed by atoms with Gasteiger partial charge >= 0.3 is 11.6 Å². The van der Waals surface area contributed by atoms with Gasteiger partial charge in [-0.05, 0) is 17.7 Å². The summed E-state index contributed by atoms with van der Waals surface area (Å²) in [6, 6.07) is 11.9. The molecule has 32 heavy (non-hydrogen) atoms. The van der Waals surface area contributed by atoms with E-state index in [1.807, 2.05) is 30.3 Å². The van der Waals surface area contributed by atoms with Crippen LogP contribution < -0.4 is 11.4 Å². The molecule has 0 aliphatic carbocycles. The summed E-state index contributed by atoms with van der Waals surface area (Å²) in [6.45, 7) is -0.854. The third-order valence-electron chi connectivity index (χ3n) is 5.15. The molecule has 166 valence electrons. The van der Waals surface area contributed by atoms with Crippen LogP contribution in [0.4, 0.5) is 8.78 Å². The predicted molar refractivity (Wildman–Crippen MR) is 108 cm³/mol. The highest BCUT2D eigenvalue weighted by Crippen LogP contribution is 2.42. The normalized spacial score (nSPS) is 22.1. The Morgan fingerprint density at radius 1 is 1.22 bits per heavy atom. The number of carbonyl (C=O) groups is 1. The lowest BCUT2D eigenvalue weighted by molar-refractivity contribution is -0.140. The quantitative estimate of drug-likeness (QED) is 0.532. The molecule has 1 saturated heterocycles. The number of rotatable bonds is 5. The number of hydrogen-bond donors (Lipinski definition) is 3. The number of amides is 1. The van der Waals surface area contributed by atoms with Crippen LogP contribution in [0.25, 0.3) is 22.4 Å². The molecule has 1 aliphatic rings. The number of primary amides is 1. The molecule has 4 N–H and O–H groups in total. The number of aliphatic hydroxyl groups is 2. The molecular formula is C21H18F2N4O5. The fourth-order valence-corrected chi connectivity index (χ4v) is 3.50. The van der Waals surface area contributed by atoms with Gasteiger partial charge < -0.3 is 20.7 Å². The van der Waals surface area contributed by atoms with Crippen molar-refractivity contribution in [1.29, 1.82) is 0 Å². The van der Waals surface area contributed by atoms with Gasteiger partial charge in [0.15, 0.2) is 6.10 Å². The van der Waals surface area contributed by atoms with E-state index in [0.717, 1.165) is 11.8 Å². The molecular weight excluding hydrogens is 426 g/mol. The SMILES string of the molecule is NC(=O)c1ncc(-c2ccccc2)cc1-c1ccn([C@@H]2O[C@H](CO)[C@@H](O)C2(F)F)c(=O)n1. The summed E-state index contributed by atoms with van der Waals surface area (Å²) in [5.41, 5.74) is 5.70. The zero-order valence-electron chi connectivity index (χ0n) is 16.4. The van der Waals surface area contributed by atoms with E-state index in [1.54, 1.807) is 6.07 Å². The van der Waals surface area contributed by atoms with Crippen LogP contribution in [0.5, 0.6) is 0 Å². The van der Waals surface area contributed by atoms with Gasteiger partial charge in [-0.15, -0.1) is 0 Å².